The predicted octanol–water partition coefficient (Wildman–Crippen LogP) is 3.38. The van der Waals surface area contributed by atoms with Crippen molar-refractivity contribution in [1.29, 1.82) is 0 Å². The molecule has 0 saturated carbocycles. The van der Waals surface area contributed by atoms with Crippen molar-refractivity contribution in [2.24, 2.45) is 0 Å². The Balaban J connectivity index is 1.85. The first kappa shape index (κ1) is 18.4. The molecule has 0 saturated heterocycles. The zero-order chi connectivity index (χ0) is 19.4. The van der Waals surface area contributed by atoms with Gasteiger partial charge in [-0.15, -0.1) is 5.10 Å². The van der Waals surface area contributed by atoms with Crippen molar-refractivity contribution < 1.29 is 18.3 Å². The number of aromatic nitrogens is 4. The molecule has 2 aromatic heterocycles. The molecule has 0 bridgehead atoms. The van der Waals surface area contributed by atoms with Gasteiger partial charge in [0.05, 0.1) is 6.10 Å². The minimum Gasteiger partial charge on any atom is -0.487 e. The van der Waals surface area contributed by atoms with Gasteiger partial charge in [-0.1, -0.05) is 6.07 Å². The van der Waals surface area contributed by atoms with E-state index in [2.05, 4.69) is 25.1 Å². The molecule has 10 heteroatoms. The summed E-state index contributed by atoms with van der Waals surface area (Å²) in [6, 6.07) is 9.81. The zero-order valence-corrected chi connectivity index (χ0v) is 14.6. The van der Waals surface area contributed by atoms with E-state index in [4.69, 9.17) is 10.5 Å². The molecular formula is C17H18F2N6O2. The molecule has 3 N–H and O–H groups in total. The van der Waals surface area contributed by atoms with Crippen molar-refractivity contribution in [2.75, 3.05) is 11.1 Å². The molecule has 1 aromatic carbocycles. The van der Waals surface area contributed by atoms with Gasteiger partial charge in [0.25, 0.3) is 0 Å². The van der Waals surface area contributed by atoms with Gasteiger partial charge in [-0.05, 0) is 38.1 Å². The molecule has 3 aromatic rings. The van der Waals surface area contributed by atoms with E-state index in [1.165, 1.54) is 16.8 Å². The maximum absolute atomic E-state index is 12.7. The van der Waals surface area contributed by atoms with E-state index < -0.39 is 6.61 Å². The highest BCUT2D eigenvalue weighted by molar-refractivity contribution is 5.60. The second-order valence-electron chi connectivity index (χ2n) is 5.72. The number of nitrogens with zero attached hydrogens (tertiary/aromatic N) is 4. The van der Waals surface area contributed by atoms with E-state index >= 15 is 0 Å². The molecule has 0 amide bonds. The number of pyridine rings is 1. The first-order chi connectivity index (χ1) is 12.9. The number of nitrogens with two attached hydrogens (primary N) is 1. The average Bonchev–Trinajstić information content (AvgIpc) is 2.97. The molecular weight excluding hydrogens is 358 g/mol. The minimum absolute atomic E-state index is 0.0965. The highest BCUT2D eigenvalue weighted by atomic mass is 19.3. The Hall–Kier alpha value is -3.43. The molecule has 0 spiro atoms. The highest BCUT2D eigenvalue weighted by Gasteiger charge is 2.15. The van der Waals surface area contributed by atoms with E-state index in [1.54, 1.807) is 44.3 Å². The number of alkyl halides is 2. The Kier molecular flexibility index (Phi) is 5.34. The number of hydrogen-bond donors (Lipinski definition) is 2. The van der Waals surface area contributed by atoms with E-state index in [1.807, 2.05) is 0 Å². The second kappa shape index (κ2) is 7.85. The third kappa shape index (κ3) is 4.60. The summed E-state index contributed by atoms with van der Waals surface area (Å²) >= 11 is 0. The lowest BCUT2D eigenvalue weighted by atomic mass is 10.2. The first-order valence-corrected chi connectivity index (χ1v) is 8.09. The van der Waals surface area contributed by atoms with Crippen molar-refractivity contribution in [3.63, 3.8) is 0 Å². The fourth-order valence-corrected chi connectivity index (χ4v) is 2.28. The summed E-state index contributed by atoms with van der Waals surface area (Å²) in [4.78, 5) is 8.25. The van der Waals surface area contributed by atoms with Crippen molar-refractivity contribution >= 4 is 17.6 Å². The van der Waals surface area contributed by atoms with Crippen LogP contribution in [0.5, 0.6) is 11.5 Å². The summed E-state index contributed by atoms with van der Waals surface area (Å²) in [6.07, 6.45) is 1.41. The lowest BCUT2D eigenvalue weighted by Gasteiger charge is -2.15. The lowest BCUT2D eigenvalue weighted by Crippen LogP contribution is -2.09. The number of ether oxygens (including phenoxy) is 2. The molecule has 0 aliphatic carbocycles. The average molecular weight is 376 g/mol. The van der Waals surface area contributed by atoms with Crippen LogP contribution in [0, 0.1) is 0 Å². The number of nitrogen functional groups attached to an aromatic ring is 1. The van der Waals surface area contributed by atoms with E-state index in [0.29, 0.717) is 11.5 Å². The highest BCUT2D eigenvalue weighted by Crippen LogP contribution is 2.33. The lowest BCUT2D eigenvalue weighted by molar-refractivity contribution is -0.0518. The fourth-order valence-electron chi connectivity index (χ4n) is 2.28. The zero-order valence-electron chi connectivity index (χ0n) is 14.6. The number of halogens is 2. The van der Waals surface area contributed by atoms with Gasteiger partial charge in [0.2, 0.25) is 11.9 Å². The van der Waals surface area contributed by atoms with Crippen molar-refractivity contribution in [2.45, 2.75) is 26.6 Å². The first-order valence-electron chi connectivity index (χ1n) is 8.09. The van der Waals surface area contributed by atoms with Crippen LogP contribution in [0.25, 0.3) is 5.82 Å². The predicted molar refractivity (Wildman–Crippen MR) is 95.7 cm³/mol. The monoisotopic (exact) mass is 376 g/mol. The minimum atomic E-state index is -2.98. The standard InChI is InChI=1S/C17H18F2N6O2/c1-10(2)26-12-7-6-11(9-13(12)27-15(18)19)22-17-23-16(20)25(24-17)14-5-3-4-8-21-14/h3-10,15H,1-2H3,(H3,20,22,23,24). The molecule has 0 unspecified atom stereocenters. The normalized spacial score (nSPS) is 11.0. The number of benzene rings is 1. The van der Waals surface area contributed by atoms with Crippen molar-refractivity contribution in [3.8, 4) is 17.3 Å². The Bertz CT molecular complexity index is 902. The number of hydrogen-bond acceptors (Lipinski definition) is 7. The van der Waals surface area contributed by atoms with Gasteiger partial charge in [0.15, 0.2) is 17.3 Å². The van der Waals surface area contributed by atoms with Crippen LogP contribution in [0.3, 0.4) is 0 Å². The fraction of sp³-hybridized carbons (Fsp3) is 0.235. The van der Waals surface area contributed by atoms with Crippen LogP contribution in [0.4, 0.5) is 26.4 Å². The molecule has 0 fully saturated rings. The molecule has 3 rings (SSSR count). The Labute approximate surface area is 153 Å². The van der Waals surface area contributed by atoms with Crippen LogP contribution in [-0.4, -0.2) is 32.5 Å². The van der Waals surface area contributed by atoms with Gasteiger partial charge in [-0.3, -0.25) is 0 Å². The third-order valence-electron chi connectivity index (χ3n) is 3.28. The van der Waals surface area contributed by atoms with E-state index in [9.17, 15) is 8.78 Å². The van der Waals surface area contributed by atoms with E-state index in [0.717, 1.165) is 0 Å². The number of rotatable bonds is 7. The molecule has 142 valence electrons. The summed E-state index contributed by atoms with van der Waals surface area (Å²) in [7, 11) is 0. The summed E-state index contributed by atoms with van der Waals surface area (Å²) in [6.45, 7) is 0.594. The summed E-state index contributed by atoms with van der Waals surface area (Å²) in [5, 5.41) is 7.12. The molecule has 0 aliphatic heterocycles. The topological polar surface area (TPSA) is 100 Å². The summed E-state index contributed by atoms with van der Waals surface area (Å²) in [5.74, 6) is 0.916. The summed E-state index contributed by atoms with van der Waals surface area (Å²) in [5.41, 5.74) is 6.30. The molecule has 27 heavy (non-hydrogen) atoms. The Morgan fingerprint density at radius 2 is 1.93 bits per heavy atom. The van der Waals surface area contributed by atoms with E-state index in [-0.39, 0.29) is 29.5 Å². The van der Waals surface area contributed by atoms with Gasteiger partial charge in [0.1, 0.15) is 0 Å². The van der Waals surface area contributed by atoms with Crippen LogP contribution in [-0.2, 0) is 0 Å². The van der Waals surface area contributed by atoms with Crippen LogP contribution in [0.15, 0.2) is 42.6 Å². The Morgan fingerprint density at radius 1 is 1.11 bits per heavy atom. The van der Waals surface area contributed by atoms with Gasteiger partial charge in [-0.2, -0.15) is 18.4 Å². The van der Waals surface area contributed by atoms with Crippen LogP contribution in [0.2, 0.25) is 0 Å². The van der Waals surface area contributed by atoms with Crippen molar-refractivity contribution in [1.82, 2.24) is 19.7 Å². The second-order valence-corrected chi connectivity index (χ2v) is 5.72. The Morgan fingerprint density at radius 3 is 2.59 bits per heavy atom. The number of nitrogens with one attached hydrogen (secondary N) is 1. The van der Waals surface area contributed by atoms with Gasteiger partial charge >= 0.3 is 6.61 Å². The van der Waals surface area contributed by atoms with Crippen LogP contribution in [0.1, 0.15) is 13.8 Å². The quantitative estimate of drug-likeness (QED) is 0.652. The maximum Gasteiger partial charge on any atom is 0.387 e. The summed E-state index contributed by atoms with van der Waals surface area (Å²) < 4.78 is 36.8. The van der Waals surface area contributed by atoms with Crippen LogP contribution >= 0.6 is 0 Å². The van der Waals surface area contributed by atoms with Gasteiger partial charge in [0, 0.05) is 18.0 Å². The largest absolute Gasteiger partial charge is 0.487 e. The SMILES string of the molecule is CC(C)Oc1ccc(Nc2nc(N)n(-c3ccccn3)n2)cc1OC(F)F. The van der Waals surface area contributed by atoms with Crippen molar-refractivity contribution in [3.05, 3.63) is 42.6 Å². The van der Waals surface area contributed by atoms with Gasteiger partial charge in [-0.25, -0.2) is 4.98 Å². The molecule has 2 heterocycles. The third-order valence-corrected chi connectivity index (χ3v) is 3.28. The molecule has 8 nitrogen and oxygen atoms in total. The van der Waals surface area contributed by atoms with Gasteiger partial charge < -0.3 is 20.5 Å². The number of anilines is 3. The smallest absolute Gasteiger partial charge is 0.387 e. The molecule has 0 radical (unpaired) electrons. The maximum atomic E-state index is 12.7. The van der Waals surface area contributed by atoms with Crippen LogP contribution < -0.4 is 20.5 Å². The molecule has 0 atom stereocenters. The molecule has 0 aliphatic rings.